The smallest absolute Gasteiger partial charge is 0.246 e. The maximum absolute atomic E-state index is 12.5. The van der Waals surface area contributed by atoms with Crippen molar-refractivity contribution in [2.45, 2.75) is 37.6 Å². The summed E-state index contributed by atoms with van der Waals surface area (Å²) in [6.45, 7) is 4.57. The molecule has 1 fully saturated rings. The van der Waals surface area contributed by atoms with E-state index < -0.39 is 0 Å². The number of piperidine rings is 1. The maximum Gasteiger partial charge on any atom is 0.246 e. The Morgan fingerprint density at radius 3 is 3.13 bits per heavy atom. The third kappa shape index (κ3) is 2.73. The van der Waals surface area contributed by atoms with E-state index in [1.54, 1.807) is 0 Å². The van der Waals surface area contributed by atoms with Crippen molar-refractivity contribution in [1.29, 1.82) is 0 Å². The van der Waals surface area contributed by atoms with E-state index in [0.717, 1.165) is 69.1 Å². The van der Waals surface area contributed by atoms with Crippen LogP contribution in [0.15, 0.2) is 30.5 Å². The second-order valence-corrected chi connectivity index (χ2v) is 9.01. The molecule has 4 aliphatic heterocycles. The second-order valence-electron chi connectivity index (χ2n) is 9.01. The molecule has 0 radical (unpaired) electrons. The van der Waals surface area contributed by atoms with Crippen molar-refractivity contribution in [3.8, 4) is 5.75 Å². The first kappa shape index (κ1) is 18.2. The highest BCUT2D eigenvalue weighted by atomic mass is 16.5. The number of fused-ring (bicyclic) bond motifs is 4. The van der Waals surface area contributed by atoms with Crippen molar-refractivity contribution in [3.05, 3.63) is 47.3 Å². The predicted octanol–water partition coefficient (Wildman–Crippen LogP) is 2.60. The number of hydrogen-bond acceptors (Lipinski definition) is 5. The lowest BCUT2D eigenvalue weighted by atomic mass is 9.89. The third-order valence-electron chi connectivity index (χ3n) is 7.40. The van der Waals surface area contributed by atoms with Gasteiger partial charge < -0.3 is 19.4 Å². The van der Waals surface area contributed by atoms with E-state index >= 15 is 0 Å². The Labute approximate surface area is 177 Å². The molecule has 1 aromatic heterocycles. The highest BCUT2D eigenvalue weighted by molar-refractivity contribution is 6.04. The van der Waals surface area contributed by atoms with Crippen LogP contribution in [0.3, 0.4) is 0 Å². The summed E-state index contributed by atoms with van der Waals surface area (Å²) >= 11 is 0. The van der Waals surface area contributed by atoms with Crippen LogP contribution in [0.2, 0.25) is 0 Å². The third-order valence-corrected chi connectivity index (χ3v) is 7.40. The van der Waals surface area contributed by atoms with Crippen LogP contribution in [-0.2, 0) is 17.6 Å². The van der Waals surface area contributed by atoms with Gasteiger partial charge in [0.05, 0.1) is 30.2 Å². The van der Waals surface area contributed by atoms with Crippen LogP contribution in [0.5, 0.6) is 5.75 Å². The molecule has 4 aliphatic rings. The molecular formula is C24H28N4O2. The van der Waals surface area contributed by atoms with Crippen LogP contribution in [0.4, 0.5) is 11.4 Å². The van der Waals surface area contributed by atoms with E-state index in [1.807, 2.05) is 18.1 Å². The minimum absolute atomic E-state index is 0.202. The van der Waals surface area contributed by atoms with Crippen LogP contribution in [0, 0.1) is 0 Å². The van der Waals surface area contributed by atoms with Gasteiger partial charge >= 0.3 is 0 Å². The number of carbonyl (C=O) groups excluding carboxylic acids is 1. The van der Waals surface area contributed by atoms with E-state index in [-0.39, 0.29) is 5.91 Å². The van der Waals surface area contributed by atoms with E-state index in [2.05, 4.69) is 39.0 Å². The van der Waals surface area contributed by atoms with Gasteiger partial charge in [0.1, 0.15) is 5.75 Å². The lowest BCUT2D eigenvalue weighted by Gasteiger charge is -2.41. The Morgan fingerprint density at radius 1 is 1.27 bits per heavy atom. The van der Waals surface area contributed by atoms with Crippen molar-refractivity contribution in [2.75, 3.05) is 49.6 Å². The van der Waals surface area contributed by atoms with Crippen molar-refractivity contribution in [1.82, 2.24) is 9.88 Å². The number of rotatable bonds is 4. The standard InChI is InChI=1S/C24H28N4O2/c1-26-21-6-2-4-17-18-14-27(12-8-20(18)28(23(17)21)15-22(26)29)11-3-5-19-24-16(7-10-25-19)9-13-30-24/h2,4,6-7,10,18,20H,3,5,8-9,11-15H2,1H3/t18-,20-/m0/s1. The molecule has 2 aromatic rings. The lowest BCUT2D eigenvalue weighted by Crippen LogP contribution is -2.51. The van der Waals surface area contributed by atoms with Crippen LogP contribution in [0.1, 0.15) is 35.6 Å². The van der Waals surface area contributed by atoms with E-state index in [4.69, 9.17) is 4.74 Å². The quantitative estimate of drug-likeness (QED) is 0.784. The molecule has 6 heteroatoms. The molecule has 156 valence electrons. The summed E-state index contributed by atoms with van der Waals surface area (Å²) in [5.41, 5.74) is 6.24. The molecule has 6 nitrogen and oxygen atoms in total. The monoisotopic (exact) mass is 404 g/mol. The Morgan fingerprint density at radius 2 is 2.20 bits per heavy atom. The largest absolute Gasteiger partial charge is 0.491 e. The van der Waals surface area contributed by atoms with Crippen LogP contribution in [0.25, 0.3) is 0 Å². The summed E-state index contributed by atoms with van der Waals surface area (Å²) < 4.78 is 5.81. The number of carbonyl (C=O) groups is 1. The molecule has 0 saturated carbocycles. The number of amides is 1. The molecule has 1 amide bonds. The van der Waals surface area contributed by atoms with Crippen LogP contribution < -0.4 is 14.5 Å². The first-order valence-corrected chi connectivity index (χ1v) is 11.2. The summed E-state index contributed by atoms with van der Waals surface area (Å²) in [5, 5.41) is 0. The molecule has 0 bridgehead atoms. The molecule has 0 spiro atoms. The van der Waals surface area contributed by atoms with Gasteiger partial charge in [-0.1, -0.05) is 12.1 Å². The zero-order valence-electron chi connectivity index (χ0n) is 17.5. The van der Waals surface area contributed by atoms with Crippen molar-refractivity contribution in [2.24, 2.45) is 0 Å². The van der Waals surface area contributed by atoms with E-state index in [0.29, 0.717) is 18.5 Å². The second kappa shape index (κ2) is 6.98. The van der Waals surface area contributed by atoms with Gasteiger partial charge in [0, 0.05) is 50.3 Å². The summed E-state index contributed by atoms with van der Waals surface area (Å²) in [6.07, 6.45) is 6.13. The normalized spacial score (nSPS) is 24.5. The Kier molecular flexibility index (Phi) is 4.23. The molecule has 30 heavy (non-hydrogen) atoms. The minimum atomic E-state index is 0.202. The fourth-order valence-electron chi connectivity index (χ4n) is 5.89. The Hall–Kier alpha value is -2.60. The summed E-state index contributed by atoms with van der Waals surface area (Å²) in [7, 11) is 1.90. The first-order valence-electron chi connectivity index (χ1n) is 11.2. The van der Waals surface area contributed by atoms with Crippen LogP contribution in [-0.4, -0.2) is 61.7 Å². The molecule has 0 unspecified atom stereocenters. The molecule has 5 heterocycles. The zero-order chi connectivity index (χ0) is 20.2. The first-order chi connectivity index (χ1) is 14.7. The average molecular weight is 405 g/mol. The van der Waals surface area contributed by atoms with Gasteiger partial charge in [-0.15, -0.1) is 0 Å². The van der Waals surface area contributed by atoms with Gasteiger partial charge in [0.25, 0.3) is 0 Å². The summed E-state index contributed by atoms with van der Waals surface area (Å²) in [6, 6.07) is 9.03. The highest BCUT2D eigenvalue weighted by Gasteiger charge is 2.46. The highest BCUT2D eigenvalue weighted by Crippen LogP contribution is 2.50. The molecule has 2 atom stereocenters. The van der Waals surface area contributed by atoms with Crippen molar-refractivity contribution in [3.63, 3.8) is 0 Å². The van der Waals surface area contributed by atoms with E-state index in [1.165, 1.54) is 16.8 Å². The minimum Gasteiger partial charge on any atom is -0.491 e. The topological polar surface area (TPSA) is 48.9 Å². The van der Waals surface area contributed by atoms with Gasteiger partial charge in [0.2, 0.25) is 5.91 Å². The molecule has 6 rings (SSSR count). The van der Waals surface area contributed by atoms with Crippen LogP contribution >= 0.6 is 0 Å². The number of para-hydroxylation sites is 1. The average Bonchev–Trinajstić information content (AvgIpc) is 3.36. The predicted molar refractivity (Wildman–Crippen MR) is 117 cm³/mol. The summed E-state index contributed by atoms with van der Waals surface area (Å²) in [5.74, 6) is 1.74. The number of likely N-dealkylation sites (N-methyl/N-ethyl adjacent to an activating group) is 1. The van der Waals surface area contributed by atoms with Crippen molar-refractivity contribution >= 4 is 17.3 Å². The van der Waals surface area contributed by atoms with Gasteiger partial charge in [-0.3, -0.25) is 9.78 Å². The number of ether oxygens (including phenoxy) is 1. The molecule has 1 saturated heterocycles. The molecule has 0 aliphatic carbocycles. The maximum atomic E-state index is 12.5. The number of likely N-dealkylation sites (tertiary alicyclic amines) is 1. The Balaban J connectivity index is 1.15. The molecule has 0 N–H and O–H groups in total. The molecule has 1 aromatic carbocycles. The fourth-order valence-corrected chi connectivity index (χ4v) is 5.89. The Bertz CT molecular complexity index is 1010. The van der Waals surface area contributed by atoms with Crippen molar-refractivity contribution < 1.29 is 9.53 Å². The number of aryl methyl sites for hydroxylation is 1. The number of hydrogen-bond donors (Lipinski definition) is 0. The molecular weight excluding hydrogens is 376 g/mol. The number of benzene rings is 1. The number of anilines is 2. The number of aromatic nitrogens is 1. The summed E-state index contributed by atoms with van der Waals surface area (Å²) in [4.78, 5) is 23.9. The lowest BCUT2D eigenvalue weighted by molar-refractivity contribution is -0.117. The SMILES string of the molecule is CN1C(=O)CN2c3c(cccc31)[C@@H]1CN(CCCc3nccc4c3OCC4)CC[C@@H]12. The van der Waals surface area contributed by atoms with Gasteiger partial charge in [-0.2, -0.15) is 0 Å². The number of nitrogens with zero attached hydrogens (tertiary/aromatic N) is 4. The van der Waals surface area contributed by atoms with E-state index in [9.17, 15) is 4.79 Å². The fraction of sp³-hybridized carbons (Fsp3) is 0.500. The van der Waals surface area contributed by atoms with Gasteiger partial charge in [0.15, 0.2) is 0 Å². The van der Waals surface area contributed by atoms with Gasteiger partial charge in [-0.05, 0) is 43.5 Å². The zero-order valence-corrected chi connectivity index (χ0v) is 17.5. The number of pyridine rings is 1. The van der Waals surface area contributed by atoms with Gasteiger partial charge in [-0.25, -0.2) is 0 Å².